The van der Waals surface area contributed by atoms with E-state index in [1.165, 1.54) is 24.5 Å². The highest BCUT2D eigenvalue weighted by atomic mass is 19.1. The molecule has 164 valence electrons. The van der Waals surface area contributed by atoms with E-state index in [9.17, 15) is 4.39 Å². The Bertz CT molecular complexity index is 1330. The minimum absolute atomic E-state index is 0.321. The fourth-order valence-corrected chi connectivity index (χ4v) is 5.07. The van der Waals surface area contributed by atoms with E-state index in [0.717, 1.165) is 46.5 Å². The van der Waals surface area contributed by atoms with Crippen LogP contribution < -0.4 is 10.2 Å². The Morgan fingerprint density at radius 2 is 1.84 bits per heavy atom. The number of rotatable bonds is 3. The predicted molar refractivity (Wildman–Crippen MR) is 125 cm³/mol. The van der Waals surface area contributed by atoms with E-state index in [4.69, 9.17) is 9.97 Å². The fourth-order valence-electron chi connectivity index (χ4n) is 5.07. The zero-order chi connectivity index (χ0) is 22.0. The molecule has 0 radical (unpaired) electrons. The number of hydrogen-bond acceptors (Lipinski definition) is 5. The number of benzene rings is 1. The molecule has 6 nitrogen and oxygen atoms in total. The second-order valence-electron chi connectivity index (χ2n) is 9.51. The van der Waals surface area contributed by atoms with Gasteiger partial charge >= 0.3 is 0 Å². The van der Waals surface area contributed by atoms with Crippen LogP contribution in [0.3, 0.4) is 0 Å². The highest BCUT2D eigenvalue weighted by Crippen LogP contribution is 2.44. The molecule has 0 spiro atoms. The van der Waals surface area contributed by atoms with Crippen LogP contribution in [-0.2, 0) is 7.05 Å². The molecule has 1 aromatic carbocycles. The van der Waals surface area contributed by atoms with Crippen LogP contribution in [0.2, 0.25) is 0 Å². The average molecular weight is 431 g/mol. The van der Waals surface area contributed by atoms with Crippen LogP contribution in [0.1, 0.15) is 38.2 Å². The van der Waals surface area contributed by atoms with Crippen molar-refractivity contribution in [2.45, 2.75) is 44.7 Å². The average Bonchev–Trinajstić information content (AvgIpc) is 3.53. The Hall–Kier alpha value is -3.06. The van der Waals surface area contributed by atoms with Gasteiger partial charge in [-0.15, -0.1) is 0 Å². The maximum absolute atomic E-state index is 14.7. The van der Waals surface area contributed by atoms with Crippen LogP contribution in [0, 0.1) is 5.82 Å². The lowest BCUT2D eigenvalue weighted by molar-refractivity contribution is 0.407. The maximum atomic E-state index is 14.7. The van der Waals surface area contributed by atoms with E-state index in [1.54, 1.807) is 11.7 Å². The summed E-state index contributed by atoms with van der Waals surface area (Å²) in [6.45, 7) is 6.37. The minimum atomic E-state index is -0.321. The number of halogens is 1. The minimum Gasteiger partial charge on any atom is -0.367 e. The number of nitrogens with one attached hydrogen (secondary N) is 1. The van der Waals surface area contributed by atoms with Gasteiger partial charge < -0.3 is 10.2 Å². The molecule has 2 atom stereocenters. The Morgan fingerprint density at radius 1 is 1.06 bits per heavy atom. The van der Waals surface area contributed by atoms with Crippen LogP contribution in [0.5, 0.6) is 0 Å². The summed E-state index contributed by atoms with van der Waals surface area (Å²) in [6.07, 6.45) is 6.14. The molecule has 1 N–H and O–H groups in total. The van der Waals surface area contributed by atoms with E-state index in [0.29, 0.717) is 23.5 Å². The van der Waals surface area contributed by atoms with E-state index < -0.39 is 0 Å². The zero-order valence-corrected chi connectivity index (χ0v) is 18.6. The van der Waals surface area contributed by atoms with E-state index >= 15 is 0 Å². The summed E-state index contributed by atoms with van der Waals surface area (Å²) < 4.78 is 16.4. The lowest BCUT2D eigenvalue weighted by atomic mass is 10.0. The van der Waals surface area contributed by atoms with Crippen molar-refractivity contribution in [3.05, 3.63) is 48.0 Å². The molecule has 0 amide bonds. The number of nitrogens with zero attached hydrogens (tertiary/aromatic N) is 5. The number of aryl methyl sites for hydroxylation is 1. The summed E-state index contributed by atoms with van der Waals surface area (Å²) in [5.41, 5.74) is 5.09. The molecule has 2 fully saturated rings. The molecule has 1 saturated carbocycles. The van der Waals surface area contributed by atoms with Gasteiger partial charge in [-0.1, -0.05) is 0 Å². The lowest BCUT2D eigenvalue weighted by Crippen LogP contribution is -2.54. The van der Waals surface area contributed by atoms with Gasteiger partial charge in [0.15, 0.2) is 11.5 Å². The lowest BCUT2D eigenvalue weighted by Gasteiger charge is -2.37. The van der Waals surface area contributed by atoms with Gasteiger partial charge in [-0.2, -0.15) is 5.10 Å². The second kappa shape index (κ2) is 7.24. The van der Waals surface area contributed by atoms with Crippen molar-refractivity contribution in [1.82, 2.24) is 25.1 Å². The van der Waals surface area contributed by atoms with Crippen molar-refractivity contribution in [2.24, 2.45) is 7.05 Å². The second-order valence-corrected chi connectivity index (χ2v) is 9.51. The van der Waals surface area contributed by atoms with Crippen LogP contribution >= 0.6 is 0 Å². The molecule has 4 aromatic rings. The summed E-state index contributed by atoms with van der Waals surface area (Å²) in [4.78, 5) is 12.0. The van der Waals surface area contributed by atoms with Crippen molar-refractivity contribution >= 4 is 27.6 Å². The molecular formula is C25H27FN6. The normalized spacial score (nSPS) is 21.6. The topological polar surface area (TPSA) is 58.9 Å². The largest absolute Gasteiger partial charge is 0.367 e. The monoisotopic (exact) mass is 430 g/mol. The number of piperazine rings is 1. The SMILES string of the molecule is C[C@@H]1CN(c2cnc3nc(-c4cc(F)c5nn(C)cc5c4)cc(C4CC4)c3c2)C[C@@H](C)N1. The van der Waals surface area contributed by atoms with Gasteiger partial charge in [-0.25, -0.2) is 14.4 Å². The molecule has 0 bridgehead atoms. The first-order valence-corrected chi connectivity index (χ1v) is 11.4. The van der Waals surface area contributed by atoms with Gasteiger partial charge in [-0.05, 0) is 62.4 Å². The van der Waals surface area contributed by atoms with Crippen LogP contribution in [-0.4, -0.2) is 44.9 Å². The third-order valence-electron chi connectivity index (χ3n) is 6.59. The van der Waals surface area contributed by atoms with Crippen molar-refractivity contribution in [3.63, 3.8) is 0 Å². The van der Waals surface area contributed by atoms with Crippen LogP contribution in [0.15, 0.2) is 36.7 Å². The number of anilines is 1. The molecular weight excluding hydrogens is 403 g/mol. The van der Waals surface area contributed by atoms with E-state index in [2.05, 4.69) is 41.3 Å². The van der Waals surface area contributed by atoms with Gasteiger partial charge in [0, 0.05) is 54.8 Å². The predicted octanol–water partition coefficient (Wildman–Crippen LogP) is 4.39. The van der Waals surface area contributed by atoms with Gasteiger partial charge in [0.2, 0.25) is 0 Å². The molecule has 4 heterocycles. The number of hydrogen-bond donors (Lipinski definition) is 1. The molecule has 7 heteroatoms. The van der Waals surface area contributed by atoms with E-state index in [1.807, 2.05) is 18.5 Å². The first kappa shape index (κ1) is 19.6. The quantitative estimate of drug-likeness (QED) is 0.523. The molecule has 0 unspecified atom stereocenters. The zero-order valence-electron chi connectivity index (χ0n) is 18.6. The summed E-state index contributed by atoms with van der Waals surface area (Å²) in [5, 5.41) is 9.71. The fraction of sp³-hybridized carbons (Fsp3) is 0.400. The third kappa shape index (κ3) is 3.41. The standard InChI is InChI=1S/C25H27FN6/c1-14-11-32(12-15(2)28-14)19-8-21-20(16-4-5-16)9-23(29-25(21)27-10-19)17-6-18-13-31(3)30-24(18)22(26)7-17/h6-10,13-16,28H,4-5,11-12H2,1-3H3/t14-,15-/m1/s1. The molecule has 3 aromatic heterocycles. The van der Waals surface area contributed by atoms with Crippen LogP contribution in [0.25, 0.3) is 33.2 Å². The van der Waals surface area contributed by atoms with E-state index in [-0.39, 0.29) is 5.82 Å². The van der Waals surface area contributed by atoms with Gasteiger partial charge in [-0.3, -0.25) is 4.68 Å². The molecule has 6 rings (SSSR count). The number of aromatic nitrogens is 4. The summed E-state index contributed by atoms with van der Waals surface area (Å²) in [6, 6.07) is 8.78. The summed E-state index contributed by atoms with van der Waals surface area (Å²) in [7, 11) is 1.81. The summed E-state index contributed by atoms with van der Waals surface area (Å²) in [5.74, 6) is 0.211. The third-order valence-corrected chi connectivity index (χ3v) is 6.59. The molecule has 32 heavy (non-hydrogen) atoms. The van der Waals surface area contributed by atoms with Crippen molar-refractivity contribution in [3.8, 4) is 11.3 Å². The first-order chi connectivity index (χ1) is 15.4. The first-order valence-electron chi connectivity index (χ1n) is 11.4. The van der Waals surface area contributed by atoms with Gasteiger partial charge in [0.1, 0.15) is 5.52 Å². The Labute approximate surface area is 186 Å². The van der Waals surface area contributed by atoms with Gasteiger partial charge in [0.25, 0.3) is 0 Å². The van der Waals surface area contributed by atoms with Crippen molar-refractivity contribution < 1.29 is 4.39 Å². The van der Waals surface area contributed by atoms with Gasteiger partial charge in [0.05, 0.1) is 17.6 Å². The van der Waals surface area contributed by atoms with Crippen molar-refractivity contribution in [2.75, 3.05) is 18.0 Å². The Morgan fingerprint density at radius 3 is 2.59 bits per heavy atom. The number of fused-ring (bicyclic) bond motifs is 2. The highest BCUT2D eigenvalue weighted by Gasteiger charge is 2.28. The Balaban J connectivity index is 1.46. The highest BCUT2D eigenvalue weighted by molar-refractivity contribution is 5.88. The molecule has 1 aliphatic carbocycles. The number of pyridine rings is 2. The van der Waals surface area contributed by atoms with Crippen LogP contribution in [0.4, 0.5) is 10.1 Å². The van der Waals surface area contributed by atoms with Crippen molar-refractivity contribution in [1.29, 1.82) is 0 Å². The maximum Gasteiger partial charge on any atom is 0.160 e. The molecule has 2 aliphatic rings. The smallest absolute Gasteiger partial charge is 0.160 e. The molecule has 1 saturated heterocycles. The Kier molecular flexibility index (Phi) is 4.43. The summed E-state index contributed by atoms with van der Waals surface area (Å²) >= 11 is 0. The molecule has 1 aliphatic heterocycles.